The second-order valence-corrected chi connectivity index (χ2v) is 10.2. The molecule has 4 atom stereocenters. The van der Waals surface area contributed by atoms with Gasteiger partial charge in [-0.2, -0.15) is 0 Å². The number of aromatic nitrogens is 2. The minimum absolute atomic E-state index is 0.147. The quantitative estimate of drug-likeness (QED) is 0.367. The first-order valence-corrected chi connectivity index (χ1v) is 13.0. The standard InChI is InChI=1S/C31H30N2O6/c1-30(2)38-26-24(37-28(27(26)39-30)33-19-18-25(34)32-29(33)35)20-36-31(21-12-6-3-7-13-21,22-14-8-4-9-15-22)23-16-10-5-11-17-23/h3-19,24,26-28H,20H2,1-2H3,(H,32,34,35). The molecule has 0 aliphatic carbocycles. The van der Waals surface area contributed by atoms with E-state index in [-0.39, 0.29) is 6.61 Å². The predicted molar refractivity (Wildman–Crippen MR) is 144 cm³/mol. The lowest BCUT2D eigenvalue weighted by Crippen LogP contribution is -2.39. The number of aromatic amines is 1. The first-order valence-electron chi connectivity index (χ1n) is 13.0. The molecule has 0 bridgehead atoms. The highest BCUT2D eigenvalue weighted by Gasteiger charge is 2.56. The van der Waals surface area contributed by atoms with Crippen LogP contribution in [-0.4, -0.2) is 40.3 Å². The van der Waals surface area contributed by atoms with Crippen molar-refractivity contribution in [3.63, 3.8) is 0 Å². The third kappa shape index (κ3) is 4.66. The molecule has 0 spiro atoms. The van der Waals surface area contributed by atoms with Gasteiger partial charge in [0.1, 0.15) is 23.9 Å². The Hall–Kier alpha value is -3.82. The molecule has 1 N–H and O–H groups in total. The zero-order chi connectivity index (χ0) is 27.0. The molecule has 0 saturated carbocycles. The van der Waals surface area contributed by atoms with Gasteiger partial charge in [-0.3, -0.25) is 14.3 Å². The van der Waals surface area contributed by atoms with Crippen molar-refractivity contribution in [2.45, 2.75) is 49.8 Å². The van der Waals surface area contributed by atoms with E-state index in [1.165, 1.54) is 16.8 Å². The van der Waals surface area contributed by atoms with Gasteiger partial charge in [0.2, 0.25) is 0 Å². The zero-order valence-corrected chi connectivity index (χ0v) is 21.7. The summed E-state index contributed by atoms with van der Waals surface area (Å²) >= 11 is 0. The molecule has 2 aliphatic rings. The van der Waals surface area contributed by atoms with Gasteiger partial charge in [-0.15, -0.1) is 0 Å². The van der Waals surface area contributed by atoms with Gasteiger partial charge in [-0.25, -0.2) is 4.79 Å². The van der Waals surface area contributed by atoms with Gasteiger partial charge in [0.25, 0.3) is 5.56 Å². The van der Waals surface area contributed by atoms with Gasteiger partial charge in [0, 0.05) is 12.3 Å². The molecule has 39 heavy (non-hydrogen) atoms. The average Bonchev–Trinajstić information content (AvgIpc) is 3.44. The zero-order valence-electron chi connectivity index (χ0n) is 21.7. The second kappa shape index (κ2) is 10.1. The lowest BCUT2D eigenvalue weighted by atomic mass is 9.80. The van der Waals surface area contributed by atoms with Crippen LogP contribution in [0.5, 0.6) is 0 Å². The molecule has 200 valence electrons. The van der Waals surface area contributed by atoms with E-state index in [9.17, 15) is 9.59 Å². The highest BCUT2D eigenvalue weighted by atomic mass is 16.8. The lowest BCUT2D eigenvalue weighted by Gasteiger charge is -2.37. The SMILES string of the molecule is CC1(C)OC2C(COC(c3ccccc3)(c3ccccc3)c3ccccc3)OC(n3ccc(=O)[nH]c3=O)C2O1. The van der Waals surface area contributed by atoms with E-state index in [2.05, 4.69) is 41.4 Å². The molecule has 2 fully saturated rings. The molecule has 4 aromatic rings. The molecule has 3 aromatic carbocycles. The minimum atomic E-state index is -0.940. The van der Waals surface area contributed by atoms with Crippen LogP contribution in [0.1, 0.15) is 36.8 Å². The van der Waals surface area contributed by atoms with Crippen molar-refractivity contribution in [1.82, 2.24) is 9.55 Å². The highest BCUT2D eigenvalue weighted by molar-refractivity contribution is 5.47. The van der Waals surface area contributed by atoms with Crippen LogP contribution in [-0.2, 0) is 24.5 Å². The highest BCUT2D eigenvalue weighted by Crippen LogP contribution is 2.45. The van der Waals surface area contributed by atoms with E-state index in [0.717, 1.165) is 16.7 Å². The molecule has 2 aliphatic heterocycles. The van der Waals surface area contributed by atoms with Gasteiger partial charge in [-0.1, -0.05) is 91.0 Å². The normalized spacial score (nSPS) is 23.9. The predicted octanol–water partition coefficient (Wildman–Crippen LogP) is 3.96. The van der Waals surface area contributed by atoms with Crippen molar-refractivity contribution in [2.75, 3.05) is 6.61 Å². The first kappa shape index (κ1) is 25.5. The molecule has 2 saturated heterocycles. The van der Waals surface area contributed by atoms with E-state index in [1.54, 1.807) is 0 Å². The molecule has 8 nitrogen and oxygen atoms in total. The summed E-state index contributed by atoms with van der Waals surface area (Å²) in [4.78, 5) is 26.6. The summed E-state index contributed by atoms with van der Waals surface area (Å²) in [6, 6.07) is 31.5. The maximum Gasteiger partial charge on any atom is 0.330 e. The summed E-state index contributed by atoms with van der Waals surface area (Å²) in [6.07, 6.45) is -1.01. The fraction of sp³-hybridized carbons (Fsp3) is 0.290. The maximum absolute atomic E-state index is 12.7. The number of nitrogens with zero attached hydrogens (tertiary/aromatic N) is 1. The Morgan fingerprint density at radius 3 is 1.82 bits per heavy atom. The number of rotatable bonds is 7. The number of fused-ring (bicyclic) bond motifs is 1. The summed E-state index contributed by atoms with van der Waals surface area (Å²) in [5.41, 5.74) is 0.906. The third-order valence-corrected chi connectivity index (χ3v) is 7.26. The largest absolute Gasteiger partial charge is 0.358 e. The Bertz CT molecular complexity index is 1440. The smallest absolute Gasteiger partial charge is 0.330 e. The van der Waals surface area contributed by atoms with E-state index < -0.39 is 47.2 Å². The summed E-state index contributed by atoms with van der Waals surface area (Å²) in [5.74, 6) is -0.878. The molecule has 1 aromatic heterocycles. The number of ether oxygens (including phenoxy) is 4. The van der Waals surface area contributed by atoms with Gasteiger partial charge >= 0.3 is 5.69 Å². The van der Waals surface area contributed by atoms with Crippen molar-refractivity contribution in [2.24, 2.45) is 0 Å². The number of hydrogen-bond donors (Lipinski definition) is 1. The molecular formula is C31H30N2O6. The van der Waals surface area contributed by atoms with Crippen LogP contribution < -0.4 is 11.2 Å². The van der Waals surface area contributed by atoms with Crippen LogP contribution in [0.3, 0.4) is 0 Å². The fourth-order valence-corrected chi connectivity index (χ4v) is 5.62. The molecule has 8 heteroatoms. The number of hydrogen-bond acceptors (Lipinski definition) is 6. The van der Waals surface area contributed by atoms with Crippen molar-refractivity contribution in [1.29, 1.82) is 0 Å². The average molecular weight is 527 g/mol. The van der Waals surface area contributed by atoms with Crippen molar-refractivity contribution < 1.29 is 18.9 Å². The van der Waals surface area contributed by atoms with Gasteiger partial charge in [-0.05, 0) is 30.5 Å². The fourth-order valence-electron chi connectivity index (χ4n) is 5.62. The maximum atomic E-state index is 12.7. The topological polar surface area (TPSA) is 91.8 Å². The summed E-state index contributed by atoms with van der Waals surface area (Å²) in [6.45, 7) is 3.81. The van der Waals surface area contributed by atoms with E-state index in [0.29, 0.717) is 0 Å². The van der Waals surface area contributed by atoms with Gasteiger partial charge in [0.05, 0.1) is 6.61 Å². The van der Waals surface area contributed by atoms with Crippen LogP contribution in [0.4, 0.5) is 0 Å². The molecular weight excluding hydrogens is 496 g/mol. The van der Waals surface area contributed by atoms with E-state index in [1.807, 2.05) is 68.4 Å². The molecule has 4 unspecified atom stereocenters. The van der Waals surface area contributed by atoms with E-state index >= 15 is 0 Å². The Balaban J connectivity index is 1.40. The summed E-state index contributed by atoms with van der Waals surface area (Å²) in [7, 11) is 0. The minimum Gasteiger partial charge on any atom is -0.358 e. The van der Waals surface area contributed by atoms with Crippen LogP contribution in [0, 0.1) is 0 Å². The Kier molecular flexibility index (Phi) is 6.56. The van der Waals surface area contributed by atoms with E-state index in [4.69, 9.17) is 18.9 Å². The van der Waals surface area contributed by atoms with Crippen LogP contribution >= 0.6 is 0 Å². The van der Waals surface area contributed by atoms with Crippen molar-refractivity contribution >= 4 is 0 Å². The number of benzene rings is 3. The van der Waals surface area contributed by atoms with Crippen molar-refractivity contribution in [3.05, 3.63) is 141 Å². The number of nitrogens with one attached hydrogen (secondary N) is 1. The van der Waals surface area contributed by atoms with Crippen LogP contribution in [0.25, 0.3) is 0 Å². The molecule has 6 rings (SSSR count). The Labute approximate surface area is 225 Å². The summed E-state index contributed by atoms with van der Waals surface area (Å²) < 4.78 is 27.2. The number of H-pyrrole nitrogens is 1. The van der Waals surface area contributed by atoms with Crippen LogP contribution in [0.2, 0.25) is 0 Å². The lowest BCUT2D eigenvalue weighted by molar-refractivity contribution is -0.205. The second-order valence-electron chi connectivity index (χ2n) is 10.2. The third-order valence-electron chi connectivity index (χ3n) is 7.26. The van der Waals surface area contributed by atoms with Crippen LogP contribution in [0.15, 0.2) is 113 Å². The Morgan fingerprint density at radius 1 is 0.795 bits per heavy atom. The molecule has 3 heterocycles. The van der Waals surface area contributed by atoms with Crippen molar-refractivity contribution in [3.8, 4) is 0 Å². The monoisotopic (exact) mass is 526 g/mol. The first-order chi connectivity index (χ1) is 18.9. The molecule has 0 amide bonds. The van der Waals surface area contributed by atoms with Gasteiger partial charge in [0.15, 0.2) is 12.0 Å². The Morgan fingerprint density at radius 2 is 1.31 bits per heavy atom. The molecule has 0 radical (unpaired) electrons. The summed E-state index contributed by atoms with van der Waals surface area (Å²) in [5, 5.41) is 0. The van der Waals surface area contributed by atoms with Gasteiger partial charge < -0.3 is 18.9 Å².